The minimum absolute atomic E-state index is 0.00598. The molecule has 1 atom stereocenters. The van der Waals surface area contributed by atoms with Crippen LogP contribution < -0.4 is 15.1 Å². The number of nitrogens with one attached hydrogen (secondary N) is 1. The molecule has 1 aromatic rings. The molecule has 2 amide bonds. The third-order valence-electron chi connectivity index (χ3n) is 5.94. The summed E-state index contributed by atoms with van der Waals surface area (Å²) in [5, 5.41) is 3.27. The van der Waals surface area contributed by atoms with E-state index in [1.807, 2.05) is 12.1 Å². The van der Waals surface area contributed by atoms with Crippen LogP contribution in [0.3, 0.4) is 0 Å². The lowest BCUT2D eigenvalue weighted by Gasteiger charge is -2.36. The second-order valence-electron chi connectivity index (χ2n) is 7.90. The molecule has 29 heavy (non-hydrogen) atoms. The van der Waals surface area contributed by atoms with E-state index in [0.29, 0.717) is 31.2 Å². The summed E-state index contributed by atoms with van der Waals surface area (Å²) in [6.07, 6.45) is 5.83. The van der Waals surface area contributed by atoms with E-state index in [1.54, 1.807) is 29.0 Å². The van der Waals surface area contributed by atoms with Gasteiger partial charge in [-0.1, -0.05) is 6.42 Å². The highest BCUT2D eigenvalue weighted by molar-refractivity contribution is 7.88. The molecule has 3 rings (SSSR count). The predicted octanol–water partition coefficient (Wildman–Crippen LogP) is 1.18. The summed E-state index contributed by atoms with van der Waals surface area (Å²) in [5.74, 6) is -0.223. The van der Waals surface area contributed by atoms with Gasteiger partial charge in [-0.25, -0.2) is 8.42 Å². The zero-order chi connectivity index (χ0) is 21.2. The van der Waals surface area contributed by atoms with Gasteiger partial charge in [-0.3, -0.25) is 9.59 Å². The van der Waals surface area contributed by atoms with E-state index in [2.05, 4.69) is 5.32 Å². The summed E-state index contributed by atoms with van der Waals surface area (Å²) in [6.45, 7) is 0.861. The van der Waals surface area contributed by atoms with Crippen LogP contribution in [0.5, 0.6) is 0 Å². The van der Waals surface area contributed by atoms with Gasteiger partial charge in [0.1, 0.15) is 6.04 Å². The highest BCUT2D eigenvalue weighted by Crippen LogP contribution is 2.26. The minimum Gasteiger partial charge on any atom is -0.314 e. The number of carbonyl (C=O) groups is 2. The van der Waals surface area contributed by atoms with E-state index in [1.165, 1.54) is 13.5 Å². The van der Waals surface area contributed by atoms with E-state index in [0.717, 1.165) is 35.5 Å². The van der Waals surface area contributed by atoms with Crippen molar-refractivity contribution in [1.29, 1.82) is 0 Å². The quantitative estimate of drug-likeness (QED) is 0.713. The molecule has 0 radical (unpaired) electrons. The zero-order valence-electron chi connectivity index (χ0n) is 17.3. The van der Waals surface area contributed by atoms with Crippen molar-refractivity contribution in [3.05, 3.63) is 24.3 Å². The van der Waals surface area contributed by atoms with Crippen LogP contribution in [-0.4, -0.2) is 70.1 Å². The van der Waals surface area contributed by atoms with Gasteiger partial charge >= 0.3 is 0 Å². The van der Waals surface area contributed by atoms with E-state index in [4.69, 9.17) is 0 Å². The molecule has 2 aliphatic rings. The second-order valence-corrected chi connectivity index (χ2v) is 9.95. The maximum atomic E-state index is 12.9. The van der Waals surface area contributed by atoms with Crippen molar-refractivity contribution in [2.75, 3.05) is 43.2 Å². The van der Waals surface area contributed by atoms with Crippen LogP contribution in [-0.2, 0) is 19.6 Å². The van der Waals surface area contributed by atoms with E-state index in [-0.39, 0.29) is 11.8 Å². The zero-order valence-corrected chi connectivity index (χ0v) is 18.1. The topological polar surface area (TPSA) is 90.0 Å². The van der Waals surface area contributed by atoms with Crippen molar-refractivity contribution in [2.24, 2.45) is 0 Å². The molecule has 1 aliphatic heterocycles. The van der Waals surface area contributed by atoms with Gasteiger partial charge in [0.15, 0.2) is 0 Å². The molecule has 1 saturated carbocycles. The van der Waals surface area contributed by atoms with Gasteiger partial charge < -0.3 is 15.1 Å². The summed E-state index contributed by atoms with van der Waals surface area (Å²) in [4.78, 5) is 28.5. The third-order valence-corrected chi connectivity index (χ3v) is 7.24. The number of amides is 2. The molecule has 1 unspecified atom stereocenters. The Morgan fingerprint density at radius 1 is 1.14 bits per heavy atom. The molecule has 1 saturated heterocycles. The van der Waals surface area contributed by atoms with Gasteiger partial charge in [-0.15, -0.1) is 0 Å². The standard InChI is InChI=1S/C20H30N4O4S/c1-22(19(25)14-21-15-6-4-7-15)16-9-11-17(12-10-16)24-13-5-8-18(20(24)26)23(2)29(3,27)28/h9-12,15,18,21H,4-8,13-14H2,1-3H3. The Morgan fingerprint density at radius 2 is 1.79 bits per heavy atom. The number of carbonyl (C=O) groups excluding carboxylic acids is 2. The number of rotatable bonds is 7. The molecule has 1 N–H and O–H groups in total. The molecular weight excluding hydrogens is 392 g/mol. The summed E-state index contributed by atoms with van der Waals surface area (Å²) in [7, 11) is -0.256. The Morgan fingerprint density at radius 3 is 2.34 bits per heavy atom. The largest absolute Gasteiger partial charge is 0.314 e. The molecule has 8 nitrogen and oxygen atoms in total. The van der Waals surface area contributed by atoms with Crippen molar-refractivity contribution in [2.45, 2.75) is 44.2 Å². The fraction of sp³-hybridized carbons (Fsp3) is 0.600. The van der Waals surface area contributed by atoms with Crippen LogP contribution in [0.15, 0.2) is 24.3 Å². The second kappa shape index (κ2) is 8.81. The Bertz CT molecular complexity index is 852. The average molecular weight is 423 g/mol. The SMILES string of the molecule is CN(C(=O)CNC1CCC1)c1ccc(N2CCCC(N(C)S(C)(=O)=O)C2=O)cc1. The lowest BCUT2D eigenvalue weighted by Crippen LogP contribution is -2.52. The fourth-order valence-corrected chi connectivity index (χ4v) is 4.30. The molecule has 1 heterocycles. The maximum Gasteiger partial charge on any atom is 0.245 e. The molecule has 1 aliphatic carbocycles. The highest BCUT2D eigenvalue weighted by atomic mass is 32.2. The molecule has 0 aromatic heterocycles. The Kier molecular flexibility index (Phi) is 6.60. The molecular formula is C20H30N4O4S. The number of benzene rings is 1. The van der Waals surface area contributed by atoms with Crippen molar-refractivity contribution in [3.8, 4) is 0 Å². The first-order valence-electron chi connectivity index (χ1n) is 10.0. The Balaban J connectivity index is 1.65. The van der Waals surface area contributed by atoms with E-state index in [9.17, 15) is 18.0 Å². The monoisotopic (exact) mass is 422 g/mol. The highest BCUT2D eigenvalue weighted by Gasteiger charge is 2.35. The van der Waals surface area contributed by atoms with Gasteiger partial charge in [0, 0.05) is 38.1 Å². The number of likely N-dealkylation sites (N-methyl/N-ethyl adjacent to an activating group) is 2. The summed E-state index contributed by atoms with van der Waals surface area (Å²) in [6, 6.07) is 7.01. The summed E-state index contributed by atoms with van der Waals surface area (Å²) < 4.78 is 24.8. The summed E-state index contributed by atoms with van der Waals surface area (Å²) in [5.41, 5.74) is 1.46. The molecule has 9 heteroatoms. The maximum absolute atomic E-state index is 12.9. The van der Waals surface area contributed by atoms with E-state index >= 15 is 0 Å². The van der Waals surface area contributed by atoms with E-state index < -0.39 is 16.1 Å². The predicted molar refractivity (Wildman–Crippen MR) is 113 cm³/mol. The van der Waals surface area contributed by atoms with Crippen molar-refractivity contribution in [1.82, 2.24) is 9.62 Å². The van der Waals surface area contributed by atoms with Crippen molar-refractivity contribution in [3.63, 3.8) is 0 Å². The van der Waals surface area contributed by atoms with Crippen LogP contribution in [0.25, 0.3) is 0 Å². The van der Waals surface area contributed by atoms with Crippen LogP contribution in [0.4, 0.5) is 11.4 Å². The van der Waals surface area contributed by atoms with Crippen LogP contribution in [0.2, 0.25) is 0 Å². The number of anilines is 2. The number of nitrogens with zero attached hydrogens (tertiary/aromatic N) is 3. The van der Waals surface area contributed by atoms with Crippen molar-refractivity contribution >= 4 is 33.2 Å². The van der Waals surface area contributed by atoms with Crippen molar-refractivity contribution < 1.29 is 18.0 Å². The molecule has 160 valence electrons. The van der Waals surface area contributed by atoms with Gasteiger partial charge in [0.25, 0.3) is 0 Å². The summed E-state index contributed by atoms with van der Waals surface area (Å²) >= 11 is 0. The van der Waals surface area contributed by atoms with Gasteiger partial charge in [0.2, 0.25) is 21.8 Å². The minimum atomic E-state index is -3.44. The number of piperidine rings is 1. The average Bonchev–Trinajstić information content (AvgIpc) is 2.65. The molecule has 0 bridgehead atoms. The van der Waals surface area contributed by atoms with Gasteiger partial charge in [-0.2, -0.15) is 4.31 Å². The lowest BCUT2D eigenvalue weighted by molar-refractivity contribution is -0.123. The van der Waals surface area contributed by atoms with Crippen LogP contribution >= 0.6 is 0 Å². The van der Waals surface area contributed by atoms with Gasteiger partial charge in [0.05, 0.1) is 12.8 Å². The molecule has 2 fully saturated rings. The number of hydrogen-bond donors (Lipinski definition) is 1. The molecule has 1 aromatic carbocycles. The van der Waals surface area contributed by atoms with Crippen LogP contribution in [0.1, 0.15) is 32.1 Å². The molecule has 0 spiro atoms. The smallest absolute Gasteiger partial charge is 0.245 e. The first kappa shape index (κ1) is 21.7. The third kappa shape index (κ3) is 4.96. The van der Waals surface area contributed by atoms with Crippen LogP contribution in [0, 0.1) is 0 Å². The Hall–Kier alpha value is -1.97. The van der Waals surface area contributed by atoms with Gasteiger partial charge in [-0.05, 0) is 49.9 Å². The number of hydrogen-bond acceptors (Lipinski definition) is 5. The fourth-order valence-electron chi connectivity index (χ4n) is 3.64. The normalized spacial score (nSPS) is 20.6. The number of sulfonamides is 1. The first-order valence-corrected chi connectivity index (χ1v) is 11.9. The Labute approximate surface area is 172 Å². The lowest BCUT2D eigenvalue weighted by atomic mass is 9.93. The first-order chi connectivity index (χ1) is 13.7.